The number of carbonyl (C=O) groups excluding carboxylic acids is 1. The minimum atomic E-state index is 0.0521. The maximum absolute atomic E-state index is 12.5. The quantitative estimate of drug-likeness (QED) is 0.685. The SMILES string of the molecule is O=C(c1cccnc1)N1CCC(Oc2cccc(-c3cccs3)c2)CC1. The van der Waals surface area contributed by atoms with Crippen molar-refractivity contribution in [1.29, 1.82) is 0 Å². The van der Waals surface area contributed by atoms with Crippen LogP contribution in [0.15, 0.2) is 66.3 Å². The lowest BCUT2D eigenvalue weighted by atomic mass is 10.1. The molecule has 5 heteroatoms. The van der Waals surface area contributed by atoms with Crippen molar-refractivity contribution in [3.8, 4) is 16.2 Å². The molecule has 3 heterocycles. The monoisotopic (exact) mass is 364 g/mol. The number of carbonyl (C=O) groups is 1. The second-order valence-electron chi connectivity index (χ2n) is 6.36. The fourth-order valence-corrected chi connectivity index (χ4v) is 3.93. The van der Waals surface area contributed by atoms with Gasteiger partial charge < -0.3 is 9.64 Å². The van der Waals surface area contributed by atoms with E-state index in [1.165, 1.54) is 10.4 Å². The number of likely N-dealkylation sites (tertiary alicyclic amines) is 1. The summed E-state index contributed by atoms with van der Waals surface area (Å²) in [5.41, 5.74) is 1.83. The number of piperidine rings is 1. The molecule has 1 fully saturated rings. The Labute approximate surface area is 157 Å². The van der Waals surface area contributed by atoms with Gasteiger partial charge in [-0.05, 0) is 41.3 Å². The molecule has 1 saturated heterocycles. The van der Waals surface area contributed by atoms with Crippen LogP contribution in [0.1, 0.15) is 23.2 Å². The first-order valence-corrected chi connectivity index (χ1v) is 9.67. The third kappa shape index (κ3) is 3.78. The van der Waals surface area contributed by atoms with Gasteiger partial charge in [-0.15, -0.1) is 11.3 Å². The van der Waals surface area contributed by atoms with Crippen LogP contribution >= 0.6 is 11.3 Å². The summed E-state index contributed by atoms with van der Waals surface area (Å²) in [5.74, 6) is 0.948. The number of rotatable bonds is 4. The molecule has 3 aromatic rings. The Hall–Kier alpha value is -2.66. The fraction of sp³-hybridized carbons (Fsp3) is 0.238. The van der Waals surface area contributed by atoms with Crippen LogP contribution in [0.5, 0.6) is 5.75 Å². The summed E-state index contributed by atoms with van der Waals surface area (Å²) in [6.45, 7) is 1.42. The second kappa shape index (κ2) is 7.70. The lowest BCUT2D eigenvalue weighted by Crippen LogP contribution is -2.41. The van der Waals surface area contributed by atoms with Crippen LogP contribution in [0.25, 0.3) is 10.4 Å². The molecule has 0 atom stereocenters. The molecule has 4 nitrogen and oxygen atoms in total. The van der Waals surface area contributed by atoms with Crippen molar-refractivity contribution in [3.63, 3.8) is 0 Å². The van der Waals surface area contributed by atoms with Gasteiger partial charge in [-0.1, -0.05) is 18.2 Å². The predicted octanol–water partition coefficient (Wildman–Crippen LogP) is 4.49. The summed E-state index contributed by atoms with van der Waals surface area (Å²) >= 11 is 1.73. The van der Waals surface area contributed by atoms with E-state index in [2.05, 4.69) is 34.6 Å². The molecule has 1 aromatic carbocycles. The van der Waals surface area contributed by atoms with Crippen molar-refractivity contribution in [2.24, 2.45) is 0 Å². The smallest absolute Gasteiger partial charge is 0.255 e. The summed E-state index contributed by atoms with van der Waals surface area (Å²) < 4.78 is 6.18. The first-order valence-electron chi connectivity index (χ1n) is 8.79. The van der Waals surface area contributed by atoms with Gasteiger partial charge >= 0.3 is 0 Å². The Morgan fingerprint density at radius 3 is 2.73 bits per heavy atom. The van der Waals surface area contributed by atoms with E-state index in [-0.39, 0.29) is 12.0 Å². The third-order valence-electron chi connectivity index (χ3n) is 4.58. The number of hydrogen-bond donors (Lipinski definition) is 0. The van der Waals surface area contributed by atoms with E-state index in [0.717, 1.165) is 18.6 Å². The Kier molecular flexibility index (Phi) is 4.97. The third-order valence-corrected chi connectivity index (χ3v) is 5.50. The van der Waals surface area contributed by atoms with Gasteiger partial charge in [-0.2, -0.15) is 0 Å². The number of nitrogens with zero attached hydrogens (tertiary/aromatic N) is 2. The zero-order valence-corrected chi connectivity index (χ0v) is 15.2. The van der Waals surface area contributed by atoms with Crippen LogP contribution in [-0.4, -0.2) is 35.0 Å². The molecule has 0 unspecified atom stereocenters. The van der Waals surface area contributed by atoms with E-state index in [4.69, 9.17) is 4.74 Å². The summed E-state index contributed by atoms with van der Waals surface area (Å²) in [6.07, 6.45) is 5.14. The molecule has 0 spiro atoms. The van der Waals surface area contributed by atoms with Crippen LogP contribution in [0, 0.1) is 0 Å². The van der Waals surface area contributed by atoms with Crippen molar-refractivity contribution >= 4 is 17.2 Å². The molecule has 0 bridgehead atoms. The van der Waals surface area contributed by atoms with Gasteiger partial charge in [0.15, 0.2) is 0 Å². The zero-order valence-electron chi connectivity index (χ0n) is 14.4. The first kappa shape index (κ1) is 16.8. The number of benzene rings is 1. The highest BCUT2D eigenvalue weighted by atomic mass is 32.1. The van der Waals surface area contributed by atoms with Gasteiger partial charge in [0.25, 0.3) is 5.91 Å². The molecule has 2 aromatic heterocycles. The summed E-state index contributed by atoms with van der Waals surface area (Å²) in [7, 11) is 0. The van der Waals surface area contributed by atoms with Gasteiger partial charge in [0.05, 0.1) is 5.56 Å². The Bertz CT molecular complexity index is 857. The highest BCUT2D eigenvalue weighted by Gasteiger charge is 2.24. The van der Waals surface area contributed by atoms with Gasteiger partial charge in [-0.3, -0.25) is 9.78 Å². The molecule has 26 heavy (non-hydrogen) atoms. The van der Waals surface area contributed by atoms with Crippen LogP contribution in [0.4, 0.5) is 0 Å². The number of thiophene rings is 1. The fourth-order valence-electron chi connectivity index (χ4n) is 3.21. The van der Waals surface area contributed by atoms with Crippen LogP contribution in [0.3, 0.4) is 0 Å². The van der Waals surface area contributed by atoms with Gasteiger partial charge in [0, 0.05) is 43.2 Å². The van der Waals surface area contributed by atoms with Crippen molar-refractivity contribution in [1.82, 2.24) is 9.88 Å². The molecule has 1 amide bonds. The van der Waals surface area contributed by atoms with Crippen LogP contribution in [-0.2, 0) is 0 Å². The van der Waals surface area contributed by atoms with Crippen molar-refractivity contribution in [2.75, 3.05) is 13.1 Å². The lowest BCUT2D eigenvalue weighted by molar-refractivity contribution is 0.0595. The molecule has 132 valence electrons. The Morgan fingerprint density at radius 2 is 2.00 bits per heavy atom. The summed E-state index contributed by atoms with van der Waals surface area (Å²) in [4.78, 5) is 19.6. The largest absolute Gasteiger partial charge is 0.490 e. The number of pyridine rings is 1. The zero-order chi connectivity index (χ0) is 17.8. The molecule has 0 radical (unpaired) electrons. The van der Waals surface area contributed by atoms with Crippen molar-refractivity contribution in [3.05, 3.63) is 71.9 Å². The minimum absolute atomic E-state index is 0.0521. The average Bonchev–Trinajstić information content (AvgIpc) is 3.24. The minimum Gasteiger partial charge on any atom is -0.490 e. The molecule has 0 aliphatic carbocycles. The predicted molar refractivity (Wildman–Crippen MR) is 104 cm³/mol. The second-order valence-corrected chi connectivity index (χ2v) is 7.30. The van der Waals surface area contributed by atoms with Crippen LogP contribution in [0.2, 0.25) is 0 Å². The highest BCUT2D eigenvalue weighted by Crippen LogP contribution is 2.29. The number of amides is 1. The first-order chi connectivity index (χ1) is 12.8. The van der Waals surface area contributed by atoms with Crippen molar-refractivity contribution in [2.45, 2.75) is 18.9 Å². The maximum atomic E-state index is 12.5. The lowest BCUT2D eigenvalue weighted by Gasteiger charge is -2.32. The molecule has 1 aliphatic heterocycles. The Morgan fingerprint density at radius 1 is 1.12 bits per heavy atom. The van der Waals surface area contributed by atoms with E-state index in [1.807, 2.05) is 23.1 Å². The summed E-state index contributed by atoms with van der Waals surface area (Å²) in [5, 5.41) is 2.08. The van der Waals surface area contributed by atoms with E-state index in [0.29, 0.717) is 18.7 Å². The normalized spacial score (nSPS) is 15.0. The molecule has 1 aliphatic rings. The number of ether oxygens (including phenoxy) is 1. The van der Waals surface area contributed by atoms with Gasteiger partial charge in [0.1, 0.15) is 11.9 Å². The van der Waals surface area contributed by atoms with Gasteiger partial charge in [-0.25, -0.2) is 0 Å². The average molecular weight is 364 g/mol. The Balaban J connectivity index is 1.36. The summed E-state index contributed by atoms with van der Waals surface area (Å²) in [6, 6.07) is 16.0. The maximum Gasteiger partial charge on any atom is 0.255 e. The van der Waals surface area contributed by atoms with E-state index >= 15 is 0 Å². The topological polar surface area (TPSA) is 42.4 Å². The van der Waals surface area contributed by atoms with E-state index in [1.54, 1.807) is 29.8 Å². The van der Waals surface area contributed by atoms with E-state index < -0.39 is 0 Å². The number of aromatic nitrogens is 1. The molecule has 0 N–H and O–H groups in total. The van der Waals surface area contributed by atoms with Crippen LogP contribution < -0.4 is 4.74 Å². The number of hydrogen-bond acceptors (Lipinski definition) is 4. The standard InChI is InChI=1S/C21H20N2O2S/c24-21(17-5-2-10-22-15-17)23-11-8-18(9-12-23)25-19-6-1-4-16(14-19)20-7-3-13-26-20/h1-7,10,13-15,18H,8-9,11-12H2. The molecule has 0 saturated carbocycles. The molecular formula is C21H20N2O2S. The molecular weight excluding hydrogens is 344 g/mol. The van der Waals surface area contributed by atoms with Crippen molar-refractivity contribution < 1.29 is 9.53 Å². The van der Waals surface area contributed by atoms with Gasteiger partial charge in [0.2, 0.25) is 0 Å². The highest BCUT2D eigenvalue weighted by molar-refractivity contribution is 7.13. The molecule has 4 rings (SSSR count). The van der Waals surface area contributed by atoms with E-state index in [9.17, 15) is 4.79 Å².